The molecule has 1 saturated heterocycles. The molecule has 12 nitrogen and oxygen atoms in total. The zero-order valence-electron chi connectivity index (χ0n) is 29.3. The first-order valence-electron chi connectivity index (χ1n) is 16.3. The standard InChI is InChI=1S/C33H50N7O5PSi/c1-11-25-27(44-46(42-19-15-18-34)40(22(2)3)23(4)5)28(45-47(9,10)33(6,7)8)32(43-25)39-21-37-26-29(35-20-36-30(26)39)38-31(41)24-16-13-12-14-17-24/h12-14,16-17,20-23,25,27-28,32H,11,15,19H2,1-10H3,(H,35,36,38,41)/t25-,27?,28?,32-,46?/m1/s1. The summed E-state index contributed by atoms with van der Waals surface area (Å²) < 4.78 is 31.4. The lowest BCUT2D eigenvalue weighted by atomic mass is 10.1. The lowest BCUT2D eigenvalue weighted by Crippen LogP contribution is -2.49. The second-order valence-corrected chi connectivity index (χ2v) is 20.0. The molecule has 1 amide bonds. The van der Waals surface area contributed by atoms with E-state index in [1.54, 1.807) is 18.5 Å². The summed E-state index contributed by atoms with van der Waals surface area (Å²) in [6.07, 6.45) is 2.06. The van der Waals surface area contributed by atoms with Gasteiger partial charge in [0.05, 0.1) is 31.5 Å². The van der Waals surface area contributed by atoms with Gasteiger partial charge in [0.25, 0.3) is 14.4 Å². The van der Waals surface area contributed by atoms with E-state index in [1.165, 1.54) is 6.33 Å². The van der Waals surface area contributed by atoms with E-state index in [1.807, 2.05) is 22.8 Å². The number of nitriles is 1. The Morgan fingerprint density at radius 2 is 1.81 bits per heavy atom. The molecule has 1 aliphatic rings. The molecule has 0 bridgehead atoms. The van der Waals surface area contributed by atoms with Gasteiger partial charge >= 0.3 is 0 Å². The molecule has 0 radical (unpaired) electrons. The fourth-order valence-corrected chi connectivity index (χ4v) is 8.38. The number of imidazole rings is 1. The van der Waals surface area contributed by atoms with Gasteiger partial charge in [0.2, 0.25) is 0 Å². The van der Waals surface area contributed by atoms with Crippen LogP contribution in [0.4, 0.5) is 5.82 Å². The highest BCUT2D eigenvalue weighted by atomic mass is 31.2. The molecular formula is C33H50N7O5PSi. The predicted octanol–water partition coefficient (Wildman–Crippen LogP) is 7.44. The summed E-state index contributed by atoms with van der Waals surface area (Å²) in [4.78, 5) is 26.6. The van der Waals surface area contributed by atoms with Crippen LogP contribution in [0.25, 0.3) is 11.2 Å². The number of nitrogens with zero attached hydrogens (tertiary/aromatic N) is 6. The van der Waals surface area contributed by atoms with Crippen molar-refractivity contribution in [3.63, 3.8) is 0 Å². The number of aromatic nitrogens is 4. The third kappa shape index (κ3) is 8.43. The number of hydrogen-bond donors (Lipinski definition) is 1. The fourth-order valence-electron chi connectivity index (χ4n) is 5.33. The number of carbonyl (C=O) groups is 1. The number of rotatable bonds is 14. The molecule has 1 aromatic carbocycles. The predicted molar refractivity (Wildman–Crippen MR) is 186 cm³/mol. The average Bonchev–Trinajstić information content (AvgIpc) is 3.58. The van der Waals surface area contributed by atoms with Gasteiger partial charge in [-0.1, -0.05) is 45.9 Å². The van der Waals surface area contributed by atoms with E-state index in [9.17, 15) is 10.1 Å². The van der Waals surface area contributed by atoms with Gasteiger partial charge in [0.15, 0.2) is 31.5 Å². The smallest absolute Gasteiger partial charge is 0.259 e. The topological polar surface area (TPSA) is 137 Å². The molecule has 1 N–H and O–H groups in total. The van der Waals surface area contributed by atoms with E-state index in [-0.39, 0.29) is 42.2 Å². The maximum absolute atomic E-state index is 13.0. The molecule has 256 valence electrons. The molecule has 0 spiro atoms. The summed E-state index contributed by atoms with van der Waals surface area (Å²) >= 11 is 0. The number of fused-ring (bicyclic) bond motifs is 1. The van der Waals surface area contributed by atoms with E-state index in [2.05, 4.69) is 99.5 Å². The Hall–Kier alpha value is -2.82. The molecule has 2 aromatic heterocycles. The summed E-state index contributed by atoms with van der Waals surface area (Å²) in [5.74, 6) is 0.0155. The molecule has 14 heteroatoms. The molecule has 0 aliphatic carbocycles. The lowest BCUT2D eigenvalue weighted by molar-refractivity contribution is -0.0324. The highest BCUT2D eigenvalue weighted by molar-refractivity contribution is 7.44. The zero-order chi connectivity index (χ0) is 34.5. The van der Waals surface area contributed by atoms with Crippen molar-refractivity contribution < 1.29 is 23.0 Å². The van der Waals surface area contributed by atoms with Crippen LogP contribution < -0.4 is 5.32 Å². The summed E-state index contributed by atoms with van der Waals surface area (Å²) in [6.45, 7) is 21.8. The first kappa shape index (κ1) is 37.0. The summed E-state index contributed by atoms with van der Waals surface area (Å²) in [5.41, 5.74) is 1.46. The van der Waals surface area contributed by atoms with Crippen molar-refractivity contribution in [1.82, 2.24) is 24.2 Å². The number of nitrogens with one attached hydrogen (secondary N) is 1. The van der Waals surface area contributed by atoms with E-state index in [4.69, 9.17) is 18.2 Å². The number of anilines is 1. The van der Waals surface area contributed by atoms with Crippen molar-refractivity contribution in [2.45, 2.75) is 123 Å². The van der Waals surface area contributed by atoms with Crippen LogP contribution in [-0.4, -0.2) is 75.4 Å². The van der Waals surface area contributed by atoms with Gasteiger partial charge < -0.3 is 23.5 Å². The number of benzene rings is 1. The number of hydrogen-bond acceptors (Lipinski definition) is 10. The van der Waals surface area contributed by atoms with Crippen molar-refractivity contribution >= 4 is 39.7 Å². The van der Waals surface area contributed by atoms with E-state index >= 15 is 0 Å². The maximum Gasteiger partial charge on any atom is 0.259 e. The van der Waals surface area contributed by atoms with E-state index in [0.29, 0.717) is 29.0 Å². The highest BCUT2D eigenvalue weighted by Gasteiger charge is 2.53. The van der Waals surface area contributed by atoms with Crippen molar-refractivity contribution in [2.24, 2.45) is 0 Å². The van der Waals surface area contributed by atoms with Crippen molar-refractivity contribution in [1.29, 1.82) is 5.26 Å². The summed E-state index contributed by atoms with van der Waals surface area (Å²) in [7, 11) is -3.94. The summed E-state index contributed by atoms with van der Waals surface area (Å²) in [6, 6.07) is 11.4. The number of ether oxygens (including phenoxy) is 1. The van der Waals surface area contributed by atoms with Crippen LogP contribution in [0.5, 0.6) is 0 Å². The molecule has 1 fully saturated rings. The Kier molecular flexibility index (Phi) is 12.3. The SMILES string of the molecule is CC[C@H]1O[C@@H](n2cnc3c(NC(=O)c4ccccc4)ncnc32)C(O[Si](C)(C)C(C)(C)C)C1OP(OCCC#N)N(C(C)C)C(C)C. The molecule has 0 saturated carbocycles. The number of amides is 1. The molecule has 3 unspecified atom stereocenters. The van der Waals surface area contributed by atoms with Crippen LogP contribution in [0, 0.1) is 11.3 Å². The quantitative estimate of drug-likeness (QED) is 0.104. The molecule has 47 heavy (non-hydrogen) atoms. The average molecular weight is 684 g/mol. The lowest BCUT2D eigenvalue weighted by Gasteiger charge is -2.42. The van der Waals surface area contributed by atoms with Crippen LogP contribution in [0.2, 0.25) is 18.1 Å². The summed E-state index contributed by atoms with van der Waals surface area (Å²) in [5, 5.41) is 12.0. The zero-order valence-corrected chi connectivity index (χ0v) is 31.2. The Morgan fingerprint density at radius 1 is 1.13 bits per heavy atom. The Morgan fingerprint density at radius 3 is 2.40 bits per heavy atom. The monoisotopic (exact) mass is 683 g/mol. The third-order valence-electron chi connectivity index (χ3n) is 8.70. The van der Waals surface area contributed by atoms with Crippen LogP contribution >= 0.6 is 8.53 Å². The van der Waals surface area contributed by atoms with Gasteiger partial charge in [0, 0.05) is 17.6 Å². The second kappa shape index (κ2) is 15.6. The van der Waals surface area contributed by atoms with Crippen LogP contribution in [0.15, 0.2) is 43.0 Å². The van der Waals surface area contributed by atoms with E-state index in [0.717, 1.165) is 0 Å². The van der Waals surface area contributed by atoms with Crippen LogP contribution in [0.3, 0.4) is 0 Å². The Bertz CT molecular complexity index is 1520. The van der Waals surface area contributed by atoms with Gasteiger partial charge in [-0.25, -0.2) is 19.6 Å². The second-order valence-electron chi connectivity index (χ2n) is 13.8. The van der Waals surface area contributed by atoms with Gasteiger partial charge in [0.1, 0.15) is 18.5 Å². The first-order chi connectivity index (χ1) is 22.2. The highest BCUT2D eigenvalue weighted by Crippen LogP contribution is 2.52. The molecule has 5 atom stereocenters. The van der Waals surface area contributed by atoms with Crippen molar-refractivity contribution in [3.8, 4) is 6.07 Å². The molecular weight excluding hydrogens is 633 g/mol. The normalized spacial score (nSPS) is 21.1. The molecule has 3 heterocycles. The molecule has 4 rings (SSSR count). The fraction of sp³-hybridized carbons (Fsp3) is 0.606. The van der Waals surface area contributed by atoms with Gasteiger partial charge in [-0.15, -0.1) is 0 Å². The first-order valence-corrected chi connectivity index (χ1v) is 20.4. The number of carbonyl (C=O) groups excluding carboxylic acids is 1. The van der Waals surface area contributed by atoms with Crippen LogP contribution in [0.1, 0.15) is 84.8 Å². The van der Waals surface area contributed by atoms with Crippen molar-refractivity contribution in [2.75, 3.05) is 11.9 Å². The minimum absolute atomic E-state index is 0.0869. The minimum atomic E-state index is -2.37. The minimum Gasteiger partial charge on any atom is -0.407 e. The van der Waals surface area contributed by atoms with Crippen molar-refractivity contribution in [3.05, 3.63) is 48.5 Å². The van der Waals surface area contributed by atoms with E-state index < -0.39 is 35.3 Å². The molecule has 3 aromatic rings. The maximum atomic E-state index is 13.0. The van der Waals surface area contributed by atoms with Gasteiger partial charge in [-0.3, -0.25) is 9.36 Å². The van der Waals surface area contributed by atoms with Gasteiger partial charge in [-0.2, -0.15) is 5.26 Å². The Labute approximate surface area is 281 Å². The van der Waals surface area contributed by atoms with Crippen LogP contribution in [-0.2, 0) is 18.2 Å². The Balaban J connectivity index is 1.76. The molecule has 1 aliphatic heterocycles. The largest absolute Gasteiger partial charge is 0.407 e. The van der Waals surface area contributed by atoms with Gasteiger partial charge in [-0.05, 0) is 64.4 Å². The third-order valence-corrected chi connectivity index (χ3v) is 15.3.